The summed E-state index contributed by atoms with van der Waals surface area (Å²) in [6.45, 7) is 6.71. The second-order valence-electron chi connectivity index (χ2n) is 15.6. The van der Waals surface area contributed by atoms with Crippen LogP contribution >= 0.6 is 0 Å². The van der Waals surface area contributed by atoms with E-state index in [9.17, 15) is 14.7 Å². The van der Waals surface area contributed by atoms with Gasteiger partial charge in [-0.1, -0.05) is 142 Å². The van der Waals surface area contributed by atoms with E-state index in [2.05, 4.69) is 20.8 Å². The average Bonchev–Trinajstić information content (AvgIpc) is 3.11. The number of hydrogen-bond donors (Lipinski definition) is 1. The Bertz CT molecular complexity index is 819. The Balaban J connectivity index is 3.11. The predicted octanol–water partition coefficient (Wildman–Crippen LogP) is 11.7. The van der Waals surface area contributed by atoms with Crippen LogP contribution in [0.1, 0.15) is 207 Å². The highest BCUT2D eigenvalue weighted by atomic mass is 16.6. The number of ether oxygens (including phenoxy) is 4. The topological polar surface area (TPSA) is 91.3 Å². The molecule has 1 aliphatic rings. The van der Waals surface area contributed by atoms with Gasteiger partial charge in [-0.25, -0.2) is 0 Å². The molecule has 0 aromatic rings. The molecule has 0 amide bonds. The van der Waals surface area contributed by atoms with Crippen LogP contribution in [0.15, 0.2) is 0 Å². The third kappa shape index (κ3) is 19.6. The SMILES string of the molecule is CCCCCCCCCC(CCCCCCCC(=O)OC)C(OC)C1(CCCCCCCC(=O)OC)CC(CCCCCCC)C(C)OC1O. The number of rotatable bonds is 33. The molecule has 1 rings (SSSR count). The lowest BCUT2D eigenvalue weighted by Crippen LogP contribution is -2.56. The molecule has 50 heavy (non-hydrogen) atoms. The summed E-state index contributed by atoms with van der Waals surface area (Å²) in [5, 5.41) is 12.0. The molecule has 296 valence electrons. The summed E-state index contributed by atoms with van der Waals surface area (Å²) >= 11 is 0. The fourth-order valence-electron chi connectivity index (χ4n) is 8.55. The molecular formula is C43H82O7. The molecule has 1 N–H and O–H groups in total. The molecule has 0 aromatic carbocycles. The van der Waals surface area contributed by atoms with Gasteiger partial charge >= 0.3 is 11.9 Å². The molecule has 6 unspecified atom stereocenters. The van der Waals surface area contributed by atoms with Crippen LogP contribution in [0.3, 0.4) is 0 Å². The summed E-state index contributed by atoms with van der Waals surface area (Å²) in [7, 11) is 4.80. The number of aliphatic hydroxyl groups is 1. The van der Waals surface area contributed by atoms with Crippen LogP contribution in [-0.2, 0) is 28.5 Å². The summed E-state index contributed by atoms with van der Waals surface area (Å²) in [5.41, 5.74) is -0.423. The number of carbonyl (C=O) groups is 2. The maximum atomic E-state index is 12.0. The Hall–Kier alpha value is -1.18. The minimum atomic E-state index is -0.826. The van der Waals surface area contributed by atoms with Crippen molar-refractivity contribution in [2.24, 2.45) is 17.3 Å². The monoisotopic (exact) mass is 711 g/mol. The van der Waals surface area contributed by atoms with E-state index in [4.69, 9.17) is 18.9 Å². The van der Waals surface area contributed by atoms with Crippen molar-refractivity contribution in [1.29, 1.82) is 0 Å². The van der Waals surface area contributed by atoms with Crippen LogP contribution in [-0.4, -0.2) is 56.9 Å². The zero-order valence-corrected chi connectivity index (χ0v) is 33.8. The van der Waals surface area contributed by atoms with Gasteiger partial charge in [-0.15, -0.1) is 0 Å². The summed E-state index contributed by atoms with van der Waals surface area (Å²) < 4.78 is 22.8. The van der Waals surface area contributed by atoms with Crippen LogP contribution in [0, 0.1) is 17.3 Å². The van der Waals surface area contributed by atoms with Gasteiger partial charge in [-0.3, -0.25) is 9.59 Å². The lowest BCUT2D eigenvalue weighted by molar-refractivity contribution is -0.284. The number of esters is 2. The van der Waals surface area contributed by atoms with Crippen molar-refractivity contribution >= 4 is 11.9 Å². The van der Waals surface area contributed by atoms with E-state index in [0.29, 0.717) is 24.7 Å². The first-order valence-corrected chi connectivity index (χ1v) is 21.3. The van der Waals surface area contributed by atoms with E-state index in [1.165, 1.54) is 91.3 Å². The first-order chi connectivity index (χ1) is 24.3. The van der Waals surface area contributed by atoms with Crippen molar-refractivity contribution in [3.63, 3.8) is 0 Å². The smallest absolute Gasteiger partial charge is 0.305 e. The molecular weight excluding hydrogens is 628 g/mol. The molecule has 1 saturated heterocycles. The largest absolute Gasteiger partial charge is 0.469 e. The van der Waals surface area contributed by atoms with E-state index in [0.717, 1.165) is 96.3 Å². The highest BCUT2D eigenvalue weighted by Gasteiger charge is 2.53. The summed E-state index contributed by atoms with van der Waals surface area (Å²) in [4.78, 5) is 23.1. The first-order valence-electron chi connectivity index (χ1n) is 21.3. The highest BCUT2D eigenvalue weighted by molar-refractivity contribution is 5.69. The van der Waals surface area contributed by atoms with Gasteiger partial charge in [-0.2, -0.15) is 0 Å². The van der Waals surface area contributed by atoms with Crippen molar-refractivity contribution in [2.75, 3.05) is 21.3 Å². The Morgan fingerprint density at radius 1 is 0.660 bits per heavy atom. The predicted molar refractivity (Wildman–Crippen MR) is 206 cm³/mol. The van der Waals surface area contributed by atoms with Gasteiger partial charge < -0.3 is 24.1 Å². The van der Waals surface area contributed by atoms with Crippen LogP contribution < -0.4 is 0 Å². The maximum Gasteiger partial charge on any atom is 0.305 e. The summed E-state index contributed by atoms with van der Waals surface area (Å²) in [5.74, 6) is 0.558. The molecule has 0 radical (unpaired) electrons. The molecule has 0 aliphatic carbocycles. The van der Waals surface area contributed by atoms with Gasteiger partial charge in [-0.05, 0) is 63.7 Å². The molecule has 0 bridgehead atoms. The van der Waals surface area contributed by atoms with E-state index in [1.807, 2.05) is 7.11 Å². The molecule has 0 aromatic heterocycles. The molecule has 0 saturated carbocycles. The second kappa shape index (κ2) is 30.3. The first kappa shape index (κ1) is 46.8. The van der Waals surface area contributed by atoms with E-state index in [1.54, 1.807) is 0 Å². The highest BCUT2D eigenvalue weighted by Crippen LogP contribution is 2.51. The zero-order valence-electron chi connectivity index (χ0n) is 33.8. The Labute approximate surface area is 309 Å². The molecule has 7 nitrogen and oxygen atoms in total. The Kier molecular flexibility index (Phi) is 28.4. The fraction of sp³-hybridized carbons (Fsp3) is 0.953. The van der Waals surface area contributed by atoms with E-state index < -0.39 is 11.7 Å². The second-order valence-corrected chi connectivity index (χ2v) is 15.6. The molecule has 0 spiro atoms. The van der Waals surface area contributed by atoms with Crippen molar-refractivity contribution in [1.82, 2.24) is 0 Å². The van der Waals surface area contributed by atoms with E-state index in [-0.39, 0.29) is 24.1 Å². The van der Waals surface area contributed by atoms with Gasteiger partial charge in [0.1, 0.15) is 0 Å². The lowest BCUT2D eigenvalue weighted by atomic mass is 9.63. The van der Waals surface area contributed by atoms with Crippen LogP contribution in [0.5, 0.6) is 0 Å². The van der Waals surface area contributed by atoms with Gasteiger partial charge in [0.15, 0.2) is 6.29 Å². The average molecular weight is 711 g/mol. The van der Waals surface area contributed by atoms with Crippen LogP contribution in [0.4, 0.5) is 0 Å². The van der Waals surface area contributed by atoms with E-state index >= 15 is 0 Å². The summed E-state index contributed by atoms with van der Waals surface area (Å²) in [6, 6.07) is 0. The molecule has 6 atom stereocenters. The van der Waals surface area contributed by atoms with Gasteiger partial charge in [0, 0.05) is 25.4 Å². The lowest BCUT2D eigenvalue weighted by Gasteiger charge is -2.52. The number of carbonyl (C=O) groups excluding carboxylic acids is 2. The third-order valence-corrected chi connectivity index (χ3v) is 11.7. The number of hydrogen-bond acceptors (Lipinski definition) is 7. The van der Waals surface area contributed by atoms with Crippen molar-refractivity contribution in [3.05, 3.63) is 0 Å². The normalized spacial score (nSPS) is 21.9. The van der Waals surface area contributed by atoms with Crippen LogP contribution in [0.2, 0.25) is 0 Å². The van der Waals surface area contributed by atoms with Crippen LogP contribution in [0.25, 0.3) is 0 Å². The molecule has 7 heteroatoms. The fourth-order valence-corrected chi connectivity index (χ4v) is 8.55. The summed E-state index contributed by atoms with van der Waals surface area (Å²) in [6.07, 6.45) is 31.3. The van der Waals surface area contributed by atoms with Crippen molar-refractivity contribution in [3.8, 4) is 0 Å². The molecule has 1 fully saturated rings. The number of aliphatic hydroxyl groups excluding tert-OH is 1. The molecule has 1 heterocycles. The number of methoxy groups -OCH3 is 3. The number of unbranched alkanes of at least 4 members (excludes halogenated alkanes) is 18. The van der Waals surface area contributed by atoms with Gasteiger partial charge in [0.05, 0.1) is 26.4 Å². The Morgan fingerprint density at radius 2 is 1.10 bits per heavy atom. The Morgan fingerprint density at radius 3 is 1.58 bits per heavy atom. The minimum absolute atomic E-state index is 0.0479. The van der Waals surface area contributed by atoms with Gasteiger partial charge in [0.2, 0.25) is 0 Å². The quantitative estimate of drug-likeness (QED) is 0.0535. The minimum Gasteiger partial charge on any atom is -0.469 e. The third-order valence-electron chi connectivity index (χ3n) is 11.7. The molecule has 1 aliphatic heterocycles. The van der Waals surface area contributed by atoms with Crippen molar-refractivity contribution < 1.29 is 33.6 Å². The maximum absolute atomic E-state index is 12.0. The zero-order chi connectivity index (χ0) is 36.9. The standard InChI is InChI=1S/C43H82O7/c1-7-9-11-13-14-18-23-29-37(30-24-19-15-20-26-32-39(44)47-4)41(49-6)43(34-28-22-16-21-27-33-40(45)48-5)35-38(36(3)50-42(43)46)31-25-17-12-10-8-2/h36-38,41-42,46H,7-35H2,1-6H3. The van der Waals surface area contributed by atoms with Gasteiger partial charge in [0.25, 0.3) is 0 Å². The van der Waals surface area contributed by atoms with Crippen molar-refractivity contribution in [2.45, 2.75) is 225 Å².